The number of rotatable bonds is 5. The minimum absolute atomic E-state index is 0.0581. The number of nitrogens with zero attached hydrogens (tertiary/aromatic N) is 1. The van der Waals surface area contributed by atoms with Gasteiger partial charge in [0.2, 0.25) is 0 Å². The number of halogens is 2. The fourth-order valence-electron chi connectivity index (χ4n) is 3.04. The number of anilines is 1. The van der Waals surface area contributed by atoms with Gasteiger partial charge in [0.15, 0.2) is 11.7 Å². The quantitative estimate of drug-likeness (QED) is 0.637. The third-order valence-corrected chi connectivity index (χ3v) is 4.60. The summed E-state index contributed by atoms with van der Waals surface area (Å²) in [5, 5.41) is 6.72. The van der Waals surface area contributed by atoms with Gasteiger partial charge in [0.25, 0.3) is 5.91 Å². The lowest BCUT2D eigenvalue weighted by atomic mass is 10.1. The molecule has 1 aliphatic rings. The monoisotopic (exact) mass is 415 g/mol. The fraction of sp³-hybridized carbons (Fsp3) is 0.579. The van der Waals surface area contributed by atoms with Crippen molar-refractivity contribution in [3.63, 3.8) is 0 Å². The Bertz CT molecular complexity index is 665. The zero-order valence-corrected chi connectivity index (χ0v) is 17.4. The second kappa shape index (κ2) is 9.97. The molecular formula is C19H29F2N4O2S+. The third kappa shape index (κ3) is 7.93. The fourth-order valence-corrected chi connectivity index (χ4v) is 3.34. The predicted molar refractivity (Wildman–Crippen MR) is 109 cm³/mol. The van der Waals surface area contributed by atoms with Crippen molar-refractivity contribution in [3.05, 3.63) is 24.3 Å². The van der Waals surface area contributed by atoms with E-state index < -0.39 is 6.61 Å². The number of quaternary nitrogens is 1. The number of ether oxygens (including phenoxy) is 1. The molecule has 0 aromatic heterocycles. The van der Waals surface area contributed by atoms with Crippen LogP contribution in [0.3, 0.4) is 0 Å². The highest BCUT2D eigenvalue weighted by Crippen LogP contribution is 2.18. The van der Waals surface area contributed by atoms with Gasteiger partial charge in [-0.2, -0.15) is 8.78 Å². The molecule has 3 N–H and O–H groups in total. The lowest BCUT2D eigenvalue weighted by Crippen LogP contribution is -3.13. The number of alkyl halides is 2. The lowest BCUT2D eigenvalue weighted by molar-refractivity contribution is -0.889. The van der Waals surface area contributed by atoms with Crippen molar-refractivity contribution in [1.29, 1.82) is 0 Å². The van der Waals surface area contributed by atoms with Crippen LogP contribution in [0.1, 0.15) is 27.2 Å². The van der Waals surface area contributed by atoms with Crippen LogP contribution in [0, 0.1) is 0 Å². The van der Waals surface area contributed by atoms with Crippen LogP contribution in [0.5, 0.6) is 5.75 Å². The van der Waals surface area contributed by atoms with Crippen LogP contribution in [0.4, 0.5) is 14.5 Å². The second-order valence-corrected chi connectivity index (χ2v) is 8.29. The van der Waals surface area contributed by atoms with E-state index in [4.69, 9.17) is 12.2 Å². The summed E-state index contributed by atoms with van der Waals surface area (Å²) in [4.78, 5) is 15.5. The van der Waals surface area contributed by atoms with Gasteiger partial charge in [-0.1, -0.05) is 0 Å². The summed E-state index contributed by atoms with van der Waals surface area (Å²) < 4.78 is 28.8. The number of benzene rings is 1. The highest BCUT2D eigenvalue weighted by molar-refractivity contribution is 7.80. The Labute approximate surface area is 170 Å². The molecule has 1 amide bonds. The van der Waals surface area contributed by atoms with E-state index in [1.807, 2.05) is 20.8 Å². The summed E-state index contributed by atoms with van der Waals surface area (Å²) >= 11 is 5.49. The molecule has 6 nitrogen and oxygen atoms in total. The van der Waals surface area contributed by atoms with Crippen molar-refractivity contribution in [3.8, 4) is 5.75 Å². The van der Waals surface area contributed by atoms with Gasteiger partial charge in [-0.05, 0) is 57.3 Å². The Morgan fingerprint density at radius 2 is 1.93 bits per heavy atom. The van der Waals surface area contributed by atoms with Crippen LogP contribution in [0.15, 0.2) is 24.3 Å². The van der Waals surface area contributed by atoms with E-state index in [2.05, 4.69) is 20.3 Å². The maximum absolute atomic E-state index is 12.2. The van der Waals surface area contributed by atoms with Crippen molar-refractivity contribution in [2.45, 2.75) is 39.3 Å². The molecule has 9 heteroatoms. The number of hydrogen-bond acceptors (Lipinski definition) is 3. The van der Waals surface area contributed by atoms with Crippen molar-refractivity contribution in [2.75, 3.05) is 38.0 Å². The van der Waals surface area contributed by atoms with Gasteiger partial charge >= 0.3 is 6.61 Å². The molecule has 2 rings (SSSR count). The van der Waals surface area contributed by atoms with Gasteiger partial charge in [0.05, 0.1) is 19.6 Å². The Kier molecular flexibility index (Phi) is 7.94. The summed E-state index contributed by atoms with van der Waals surface area (Å²) in [6.45, 7) is 6.82. The number of nitrogens with one attached hydrogen (secondary N) is 3. The molecule has 0 spiro atoms. The van der Waals surface area contributed by atoms with E-state index in [0.29, 0.717) is 17.3 Å². The molecule has 1 aromatic rings. The average Bonchev–Trinajstić information content (AvgIpc) is 2.80. The van der Waals surface area contributed by atoms with Gasteiger partial charge in [0.1, 0.15) is 5.75 Å². The molecule has 28 heavy (non-hydrogen) atoms. The van der Waals surface area contributed by atoms with Gasteiger partial charge < -0.3 is 25.2 Å². The van der Waals surface area contributed by atoms with E-state index in [0.717, 1.165) is 32.6 Å². The topological polar surface area (TPSA) is 58.0 Å². The summed E-state index contributed by atoms with van der Waals surface area (Å²) in [7, 11) is 0. The molecule has 0 aliphatic carbocycles. The van der Waals surface area contributed by atoms with Crippen molar-refractivity contribution in [1.82, 2.24) is 10.2 Å². The number of carbonyl (C=O) groups is 1. The van der Waals surface area contributed by atoms with E-state index in [1.165, 1.54) is 17.0 Å². The summed E-state index contributed by atoms with van der Waals surface area (Å²) in [6.07, 6.45) is 0.932. The minimum Gasteiger partial charge on any atom is -0.435 e. The first kappa shape index (κ1) is 22.3. The minimum atomic E-state index is -2.84. The molecule has 0 saturated carbocycles. The molecule has 1 atom stereocenters. The Morgan fingerprint density at radius 1 is 1.25 bits per heavy atom. The maximum atomic E-state index is 12.2. The van der Waals surface area contributed by atoms with Gasteiger partial charge in [0, 0.05) is 24.2 Å². The van der Waals surface area contributed by atoms with Crippen LogP contribution in [0.25, 0.3) is 0 Å². The highest BCUT2D eigenvalue weighted by Gasteiger charge is 2.23. The first-order valence-electron chi connectivity index (χ1n) is 9.38. The largest absolute Gasteiger partial charge is 0.435 e. The number of amides is 1. The Hall–Kier alpha value is -2.00. The number of carbonyl (C=O) groups excluding carboxylic acids is 1. The van der Waals surface area contributed by atoms with Crippen LogP contribution in [-0.2, 0) is 4.79 Å². The Morgan fingerprint density at radius 3 is 2.54 bits per heavy atom. The van der Waals surface area contributed by atoms with Gasteiger partial charge in [-0.15, -0.1) is 0 Å². The van der Waals surface area contributed by atoms with E-state index in [9.17, 15) is 13.6 Å². The van der Waals surface area contributed by atoms with Crippen LogP contribution >= 0.6 is 12.2 Å². The summed E-state index contributed by atoms with van der Waals surface area (Å²) in [5.74, 6) is 0.164. The normalized spacial score (nSPS) is 17.8. The zero-order valence-electron chi connectivity index (χ0n) is 16.6. The molecule has 0 bridgehead atoms. The van der Waals surface area contributed by atoms with E-state index in [-0.39, 0.29) is 17.2 Å². The summed E-state index contributed by atoms with van der Waals surface area (Å²) in [5.41, 5.74) is 0.486. The van der Waals surface area contributed by atoms with Crippen LogP contribution < -0.4 is 20.3 Å². The van der Waals surface area contributed by atoms with E-state index in [1.54, 1.807) is 12.1 Å². The number of hydrogen-bond donors (Lipinski definition) is 3. The summed E-state index contributed by atoms with van der Waals surface area (Å²) in [6, 6.07) is 6.24. The SMILES string of the molecule is CC(C)(C)NC(=O)C[NH+]1CCCN(C(=S)Nc2ccc(OC(F)F)cc2)CC1. The lowest BCUT2D eigenvalue weighted by Gasteiger charge is -2.24. The molecule has 156 valence electrons. The van der Waals surface area contributed by atoms with Gasteiger partial charge in [-0.25, -0.2) is 0 Å². The van der Waals surface area contributed by atoms with Crippen molar-refractivity contribution >= 4 is 28.9 Å². The van der Waals surface area contributed by atoms with Crippen LogP contribution in [-0.4, -0.2) is 60.8 Å². The molecular weight excluding hydrogens is 386 g/mol. The van der Waals surface area contributed by atoms with Crippen LogP contribution in [0.2, 0.25) is 0 Å². The first-order valence-corrected chi connectivity index (χ1v) is 9.78. The standard InChI is InChI=1S/C19H28F2N4O2S/c1-19(2,3)23-16(26)13-24-9-4-10-25(12-11-24)18(28)22-14-5-7-15(8-6-14)27-17(20)21/h5-8,17H,4,9-13H2,1-3H3,(H,22,28)(H,23,26)/p+1. The first-order chi connectivity index (χ1) is 13.1. The molecule has 1 aliphatic heterocycles. The molecule has 1 fully saturated rings. The highest BCUT2D eigenvalue weighted by atomic mass is 32.1. The maximum Gasteiger partial charge on any atom is 0.387 e. The molecule has 1 saturated heterocycles. The predicted octanol–water partition coefficient (Wildman–Crippen LogP) is 1.49. The van der Waals surface area contributed by atoms with Gasteiger partial charge in [-0.3, -0.25) is 4.79 Å². The Balaban J connectivity index is 1.82. The van der Waals surface area contributed by atoms with E-state index >= 15 is 0 Å². The zero-order chi connectivity index (χ0) is 20.7. The molecule has 1 aromatic carbocycles. The van der Waals surface area contributed by atoms with Crippen molar-refractivity contribution in [2.24, 2.45) is 0 Å². The molecule has 1 heterocycles. The number of thiocarbonyl (C=S) groups is 1. The smallest absolute Gasteiger partial charge is 0.387 e. The molecule has 0 radical (unpaired) electrons. The second-order valence-electron chi connectivity index (χ2n) is 7.90. The third-order valence-electron chi connectivity index (χ3n) is 4.24. The molecule has 1 unspecified atom stereocenters. The van der Waals surface area contributed by atoms with Crippen molar-refractivity contribution < 1.29 is 23.2 Å². The average molecular weight is 416 g/mol.